The summed E-state index contributed by atoms with van der Waals surface area (Å²) in [6, 6.07) is 10.2. The van der Waals surface area contributed by atoms with Crippen LogP contribution in [-0.4, -0.2) is 20.8 Å². The van der Waals surface area contributed by atoms with E-state index in [2.05, 4.69) is 39.8 Å². The molecule has 0 aliphatic heterocycles. The Bertz CT molecular complexity index is 925. The number of anilines is 1. The molecule has 2 aromatic heterocycles. The first-order valence-electron chi connectivity index (χ1n) is 8.50. The number of aromatic nitrogens is 3. The van der Waals surface area contributed by atoms with Crippen molar-refractivity contribution in [2.75, 3.05) is 5.32 Å². The van der Waals surface area contributed by atoms with Gasteiger partial charge in [0.1, 0.15) is 11.6 Å². The smallest absolute Gasteiger partial charge is 0.279 e. The van der Waals surface area contributed by atoms with Crippen molar-refractivity contribution in [3.63, 3.8) is 0 Å². The van der Waals surface area contributed by atoms with E-state index in [4.69, 9.17) is 4.52 Å². The molecule has 1 atom stereocenters. The number of amides is 1. The highest BCUT2D eigenvalue weighted by atomic mass is 16.5. The second-order valence-corrected chi connectivity index (χ2v) is 6.50. The summed E-state index contributed by atoms with van der Waals surface area (Å²) in [6.07, 6.45) is 4.99. The van der Waals surface area contributed by atoms with Crippen LogP contribution in [0.4, 0.5) is 5.82 Å². The SMILES string of the molecule is Cc1cc(C(=O)Nc2c(C)cnn2[C@H]2CCCc3ccccc32)no1. The van der Waals surface area contributed by atoms with Crippen molar-refractivity contribution in [3.8, 4) is 0 Å². The van der Waals surface area contributed by atoms with Crippen molar-refractivity contribution in [1.29, 1.82) is 0 Å². The first-order valence-corrected chi connectivity index (χ1v) is 8.50. The van der Waals surface area contributed by atoms with Crippen molar-refractivity contribution >= 4 is 11.7 Å². The summed E-state index contributed by atoms with van der Waals surface area (Å²) in [4.78, 5) is 12.5. The molecule has 1 aliphatic rings. The van der Waals surface area contributed by atoms with Gasteiger partial charge in [-0.2, -0.15) is 5.10 Å². The van der Waals surface area contributed by atoms with Gasteiger partial charge in [-0.05, 0) is 44.2 Å². The number of benzene rings is 1. The van der Waals surface area contributed by atoms with E-state index in [1.807, 2.05) is 11.6 Å². The van der Waals surface area contributed by atoms with Crippen molar-refractivity contribution in [1.82, 2.24) is 14.9 Å². The van der Waals surface area contributed by atoms with Crippen LogP contribution in [0, 0.1) is 13.8 Å². The number of hydrogen-bond acceptors (Lipinski definition) is 4. The molecule has 6 heteroatoms. The molecule has 25 heavy (non-hydrogen) atoms. The van der Waals surface area contributed by atoms with Gasteiger partial charge in [0, 0.05) is 11.6 Å². The van der Waals surface area contributed by atoms with E-state index in [0.717, 1.165) is 24.8 Å². The predicted octanol–water partition coefficient (Wildman–Crippen LogP) is 3.67. The number of nitrogens with zero attached hydrogens (tertiary/aromatic N) is 3. The van der Waals surface area contributed by atoms with E-state index in [-0.39, 0.29) is 17.6 Å². The van der Waals surface area contributed by atoms with Crippen molar-refractivity contribution in [2.45, 2.75) is 39.2 Å². The topological polar surface area (TPSA) is 73.0 Å². The van der Waals surface area contributed by atoms with Crippen LogP contribution in [0.5, 0.6) is 0 Å². The van der Waals surface area contributed by atoms with E-state index in [0.29, 0.717) is 11.6 Å². The predicted molar refractivity (Wildman–Crippen MR) is 93.7 cm³/mol. The molecule has 0 unspecified atom stereocenters. The Balaban J connectivity index is 1.68. The van der Waals surface area contributed by atoms with E-state index in [1.54, 1.807) is 19.2 Å². The van der Waals surface area contributed by atoms with Gasteiger partial charge < -0.3 is 9.84 Å². The minimum atomic E-state index is -0.286. The summed E-state index contributed by atoms with van der Waals surface area (Å²) < 4.78 is 6.92. The molecule has 0 saturated carbocycles. The molecule has 1 aromatic carbocycles. The molecular formula is C19H20N4O2. The third kappa shape index (κ3) is 2.84. The van der Waals surface area contributed by atoms with Gasteiger partial charge in [0.2, 0.25) is 0 Å². The summed E-state index contributed by atoms with van der Waals surface area (Å²) in [5, 5.41) is 11.3. The molecular weight excluding hydrogens is 316 g/mol. The first kappa shape index (κ1) is 15.6. The third-order valence-corrected chi connectivity index (χ3v) is 4.70. The zero-order valence-corrected chi connectivity index (χ0v) is 14.3. The highest BCUT2D eigenvalue weighted by molar-refractivity contribution is 6.02. The fourth-order valence-corrected chi connectivity index (χ4v) is 3.47. The average Bonchev–Trinajstić information content (AvgIpc) is 3.21. The molecule has 1 N–H and O–H groups in total. The summed E-state index contributed by atoms with van der Waals surface area (Å²) in [7, 11) is 0. The Morgan fingerprint density at radius 3 is 2.96 bits per heavy atom. The summed E-state index contributed by atoms with van der Waals surface area (Å²) >= 11 is 0. The molecule has 0 saturated heterocycles. The molecule has 0 fully saturated rings. The summed E-state index contributed by atoms with van der Waals surface area (Å²) in [5.41, 5.74) is 3.84. The highest BCUT2D eigenvalue weighted by Crippen LogP contribution is 2.35. The lowest BCUT2D eigenvalue weighted by atomic mass is 9.88. The molecule has 128 valence electrons. The van der Waals surface area contributed by atoms with Gasteiger partial charge >= 0.3 is 0 Å². The normalized spacial score (nSPS) is 16.5. The third-order valence-electron chi connectivity index (χ3n) is 4.70. The van der Waals surface area contributed by atoms with Gasteiger partial charge in [-0.1, -0.05) is 29.4 Å². The fourth-order valence-electron chi connectivity index (χ4n) is 3.47. The maximum Gasteiger partial charge on any atom is 0.279 e. The largest absolute Gasteiger partial charge is 0.361 e. The van der Waals surface area contributed by atoms with Crippen LogP contribution >= 0.6 is 0 Å². The Kier molecular flexibility index (Phi) is 3.87. The first-order chi connectivity index (χ1) is 12.1. The minimum absolute atomic E-state index is 0.132. The molecule has 0 spiro atoms. The summed E-state index contributed by atoms with van der Waals surface area (Å²) in [5.74, 6) is 1.04. The molecule has 1 amide bonds. The van der Waals surface area contributed by atoms with Gasteiger partial charge in [0.25, 0.3) is 5.91 Å². The van der Waals surface area contributed by atoms with Gasteiger partial charge in [-0.25, -0.2) is 4.68 Å². The summed E-state index contributed by atoms with van der Waals surface area (Å²) in [6.45, 7) is 3.71. The van der Waals surface area contributed by atoms with Crippen molar-refractivity contribution < 1.29 is 9.32 Å². The van der Waals surface area contributed by atoms with Crippen molar-refractivity contribution in [3.05, 3.63) is 64.7 Å². The molecule has 3 aromatic rings. The Labute approximate surface area is 145 Å². The molecule has 1 aliphatic carbocycles. The molecule has 0 bridgehead atoms. The zero-order valence-electron chi connectivity index (χ0n) is 14.3. The van der Waals surface area contributed by atoms with Crippen LogP contribution in [0.15, 0.2) is 41.1 Å². The van der Waals surface area contributed by atoms with Crippen LogP contribution in [0.1, 0.15) is 51.8 Å². The number of hydrogen-bond donors (Lipinski definition) is 1. The van der Waals surface area contributed by atoms with Crippen LogP contribution in [0.25, 0.3) is 0 Å². The molecule has 2 heterocycles. The lowest BCUT2D eigenvalue weighted by Gasteiger charge is -2.27. The number of aryl methyl sites for hydroxylation is 3. The van der Waals surface area contributed by atoms with E-state index in [1.165, 1.54) is 11.1 Å². The fraction of sp³-hybridized carbons (Fsp3) is 0.316. The highest BCUT2D eigenvalue weighted by Gasteiger charge is 2.25. The number of carbonyl (C=O) groups is 1. The Morgan fingerprint density at radius 2 is 2.16 bits per heavy atom. The van der Waals surface area contributed by atoms with Crippen LogP contribution in [0.2, 0.25) is 0 Å². The Hall–Kier alpha value is -2.89. The number of nitrogens with one attached hydrogen (secondary N) is 1. The van der Waals surface area contributed by atoms with Gasteiger partial charge in [-0.3, -0.25) is 4.79 Å². The van der Waals surface area contributed by atoms with Crippen molar-refractivity contribution in [2.24, 2.45) is 0 Å². The van der Waals surface area contributed by atoms with E-state index in [9.17, 15) is 4.79 Å². The Morgan fingerprint density at radius 1 is 1.32 bits per heavy atom. The van der Waals surface area contributed by atoms with Crippen LogP contribution in [-0.2, 0) is 6.42 Å². The monoisotopic (exact) mass is 336 g/mol. The maximum atomic E-state index is 12.5. The van der Waals surface area contributed by atoms with Crippen LogP contribution < -0.4 is 5.32 Å². The standard InChI is InChI=1S/C19H20N4O2/c1-12-11-20-23(17-9-5-7-14-6-3-4-8-15(14)17)18(12)21-19(24)16-10-13(2)25-22-16/h3-4,6,8,10-11,17H,5,7,9H2,1-2H3,(H,21,24)/t17-/m0/s1. The number of fused-ring (bicyclic) bond motifs is 1. The quantitative estimate of drug-likeness (QED) is 0.792. The number of carbonyl (C=O) groups excluding carboxylic acids is 1. The zero-order chi connectivity index (χ0) is 17.4. The lowest BCUT2D eigenvalue weighted by Crippen LogP contribution is -2.22. The second kappa shape index (κ2) is 6.20. The molecule has 6 nitrogen and oxygen atoms in total. The van der Waals surface area contributed by atoms with Gasteiger partial charge in [0.05, 0.1) is 12.2 Å². The van der Waals surface area contributed by atoms with E-state index < -0.39 is 0 Å². The molecule has 4 rings (SSSR count). The lowest BCUT2D eigenvalue weighted by molar-refractivity contribution is 0.101. The van der Waals surface area contributed by atoms with E-state index >= 15 is 0 Å². The van der Waals surface area contributed by atoms with Crippen LogP contribution in [0.3, 0.4) is 0 Å². The maximum absolute atomic E-state index is 12.5. The molecule has 0 radical (unpaired) electrons. The second-order valence-electron chi connectivity index (χ2n) is 6.50. The minimum Gasteiger partial charge on any atom is -0.361 e. The average molecular weight is 336 g/mol. The van der Waals surface area contributed by atoms with Gasteiger partial charge in [0.15, 0.2) is 5.69 Å². The van der Waals surface area contributed by atoms with Gasteiger partial charge in [-0.15, -0.1) is 0 Å². The number of rotatable bonds is 3.